The maximum atomic E-state index is 12.7. The lowest BCUT2D eigenvalue weighted by Gasteiger charge is -2.23. The Kier molecular flexibility index (Phi) is 3.22. The Bertz CT molecular complexity index is 788. The van der Waals surface area contributed by atoms with Gasteiger partial charge in [-0.2, -0.15) is 5.10 Å². The Labute approximate surface area is 132 Å². The molecule has 22 heavy (non-hydrogen) atoms. The van der Waals surface area contributed by atoms with Gasteiger partial charge < -0.3 is 4.90 Å². The van der Waals surface area contributed by atoms with E-state index < -0.39 is 0 Å². The number of nitrogens with zero attached hydrogens (tertiary/aromatic N) is 5. The fourth-order valence-electron chi connectivity index (χ4n) is 3.14. The molecule has 0 aromatic carbocycles. The number of fused-ring (bicyclic) bond motifs is 1. The Morgan fingerprint density at radius 3 is 3.14 bits per heavy atom. The van der Waals surface area contributed by atoms with Crippen molar-refractivity contribution < 1.29 is 4.79 Å². The molecular formula is C15H17N5OS. The number of hydrogen-bond acceptors (Lipinski definition) is 4. The van der Waals surface area contributed by atoms with E-state index in [1.165, 1.54) is 0 Å². The van der Waals surface area contributed by atoms with Crippen molar-refractivity contribution in [3.63, 3.8) is 0 Å². The van der Waals surface area contributed by atoms with E-state index in [-0.39, 0.29) is 11.9 Å². The van der Waals surface area contributed by atoms with Crippen LogP contribution in [-0.4, -0.2) is 36.5 Å². The molecule has 114 valence electrons. The topological polar surface area (TPSA) is 55.4 Å². The predicted molar refractivity (Wildman–Crippen MR) is 83.7 cm³/mol. The van der Waals surface area contributed by atoms with Gasteiger partial charge in [-0.25, -0.2) is 4.98 Å². The van der Waals surface area contributed by atoms with E-state index in [1.807, 2.05) is 46.5 Å². The highest BCUT2D eigenvalue weighted by molar-refractivity contribution is 7.15. The molecule has 0 radical (unpaired) electrons. The number of rotatable bonds is 3. The summed E-state index contributed by atoms with van der Waals surface area (Å²) < 4.78 is 3.76. The summed E-state index contributed by atoms with van der Waals surface area (Å²) in [6.07, 6.45) is 10.2. The molecule has 4 heterocycles. The summed E-state index contributed by atoms with van der Waals surface area (Å²) in [7, 11) is 1.91. The number of likely N-dealkylation sites (tertiary alicyclic amines) is 1. The van der Waals surface area contributed by atoms with Crippen molar-refractivity contribution in [3.05, 3.63) is 41.4 Å². The summed E-state index contributed by atoms with van der Waals surface area (Å²) in [6.45, 7) is 0.820. The quantitative estimate of drug-likeness (QED) is 0.743. The highest BCUT2D eigenvalue weighted by Gasteiger charge is 2.30. The van der Waals surface area contributed by atoms with Crippen LogP contribution in [0.3, 0.4) is 0 Å². The monoisotopic (exact) mass is 315 g/mol. The number of hydrogen-bond donors (Lipinski definition) is 0. The van der Waals surface area contributed by atoms with Gasteiger partial charge in [0.05, 0.1) is 24.4 Å². The van der Waals surface area contributed by atoms with Crippen LogP contribution in [0.1, 0.15) is 30.1 Å². The summed E-state index contributed by atoms with van der Waals surface area (Å²) in [5.74, 6) is 0.150. The zero-order chi connectivity index (χ0) is 15.1. The van der Waals surface area contributed by atoms with E-state index in [9.17, 15) is 4.79 Å². The first-order valence-electron chi connectivity index (χ1n) is 7.40. The molecule has 1 atom stereocenters. The van der Waals surface area contributed by atoms with Crippen molar-refractivity contribution in [2.75, 3.05) is 6.54 Å². The first kappa shape index (κ1) is 13.5. The normalized spacial score (nSPS) is 18.4. The number of aromatic nitrogens is 4. The second kappa shape index (κ2) is 5.24. The zero-order valence-corrected chi connectivity index (χ0v) is 13.2. The average Bonchev–Trinajstić information content (AvgIpc) is 3.19. The molecule has 1 fully saturated rings. The van der Waals surface area contributed by atoms with E-state index in [2.05, 4.69) is 10.1 Å². The van der Waals surface area contributed by atoms with Crippen LogP contribution >= 0.6 is 11.3 Å². The molecule has 0 spiro atoms. The Morgan fingerprint density at radius 1 is 1.45 bits per heavy atom. The molecule has 0 unspecified atom stereocenters. The minimum atomic E-state index is 0.150. The summed E-state index contributed by atoms with van der Waals surface area (Å²) in [4.78, 5) is 20.1. The second-order valence-corrected chi connectivity index (χ2v) is 6.57. The summed E-state index contributed by atoms with van der Waals surface area (Å²) in [5, 5.41) is 6.22. The van der Waals surface area contributed by atoms with Crippen LogP contribution in [-0.2, 0) is 18.3 Å². The SMILES string of the molecule is Cn1cc([C@H]2CCCN2C(=O)Cc2cn3ccsc3n2)cn1. The molecule has 1 aliphatic heterocycles. The van der Waals surface area contributed by atoms with E-state index in [1.54, 1.807) is 16.0 Å². The van der Waals surface area contributed by atoms with E-state index >= 15 is 0 Å². The fourth-order valence-corrected chi connectivity index (χ4v) is 3.86. The van der Waals surface area contributed by atoms with Crippen LogP contribution in [0.2, 0.25) is 0 Å². The third-order valence-electron chi connectivity index (χ3n) is 4.16. The van der Waals surface area contributed by atoms with Crippen LogP contribution in [0, 0.1) is 0 Å². The molecule has 6 nitrogen and oxygen atoms in total. The van der Waals surface area contributed by atoms with Crippen LogP contribution in [0.5, 0.6) is 0 Å². The van der Waals surface area contributed by atoms with Gasteiger partial charge in [0.15, 0.2) is 4.96 Å². The lowest BCUT2D eigenvalue weighted by molar-refractivity contribution is -0.131. The lowest BCUT2D eigenvalue weighted by atomic mass is 10.1. The second-order valence-electron chi connectivity index (χ2n) is 5.69. The number of aryl methyl sites for hydroxylation is 1. The minimum Gasteiger partial charge on any atom is -0.335 e. The third-order valence-corrected chi connectivity index (χ3v) is 4.93. The Hall–Kier alpha value is -2.15. The molecule has 1 aliphatic rings. The number of amides is 1. The van der Waals surface area contributed by atoms with Crippen LogP contribution in [0.4, 0.5) is 0 Å². The van der Waals surface area contributed by atoms with Crippen molar-refractivity contribution in [2.45, 2.75) is 25.3 Å². The predicted octanol–water partition coefficient (Wildman–Crippen LogP) is 2.04. The molecule has 3 aromatic heterocycles. The summed E-state index contributed by atoms with van der Waals surface area (Å²) >= 11 is 1.58. The van der Waals surface area contributed by atoms with Crippen molar-refractivity contribution in [1.29, 1.82) is 0 Å². The van der Waals surface area contributed by atoms with Crippen molar-refractivity contribution in [3.8, 4) is 0 Å². The maximum Gasteiger partial charge on any atom is 0.229 e. The minimum absolute atomic E-state index is 0.150. The lowest BCUT2D eigenvalue weighted by Crippen LogP contribution is -2.31. The molecular weight excluding hydrogens is 298 g/mol. The highest BCUT2D eigenvalue weighted by atomic mass is 32.1. The van der Waals surface area contributed by atoms with Gasteiger partial charge >= 0.3 is 0 Å². The van der Waals surface area contributed by atoms with E-state index in [0.29, 0.717) is 6.42 Å². The van der Waals surface area contributed by atoms with Gasteiger partial charge in [-0.05, 0) is 12.8 Å². The third kappa shape index (κ3) is 2.31. The van der Waals surface area contributed by atoms with Crippen molar-refractivity contribution >= 4 is 22.2 Å². The first-order chi connectivity index (χ1) is 10.7. The average molecular weight is 315 g/mol. The number of carbonyl (C=O) groups is 1. The molecule has 0 saturated carbocycles. The van der Waals surface area contributed by atoms with Crippen molar-refractivity contribution in [1.82, 2.24) is 24.1 Å². The van der Waals surface area contributed by atoms with Gasteiger partial charge in [0, 0.05) is 43.1 Å². The van der Waals surface area contributed by atoms with Crippen LogP contribution < -0.4 is 0 Å². The van der Waals surface area contributed by atoms with E-state index in [0.717, 1.165) is 35.6 Å². The first-order valence-corrected chi connectivity index (χ1v) is 8.28. The molecule has 1 amide bonds. The molecule has 1 saturated heterocycles. The molecule has 7 heteroatoms. The van der Waals surface area contributed by atoms with Gasteiger partial charge in [0.2, 0.25) is 5.91 Å². The number of imidazole rings is 1. The standard InChI is InChI=1S/C15H17N5OS/c1-18-9-11(8-16-18)13-3-2-4-20(13)14(21)7-12-10-19-5-6-22-15(19)17-12/h5-6,8-10,13H,2-4,7H2,1H3/t13-/m1/s1. The zero-order valence-electron chi connectivity index (χ0n) is 12.3. The molecule has 3 aromatic rings. The van der Waals surface area contributed by atoms with Gasteiger partial charge in [0.25, 0.3) is 0 Å². The highest BCUT2D eigenvalue weighted by Crippen LogP contribution is 2.32. The largest absolute Gasteiger partial charge is 0.335 e. The van der Waals surface area contributed by atoms with Crippen molar-refractivity contribution in [2.24, 2.45) is 7.05 Å². The van der Waals surface area contributed by atoms with Gasteiger partial charge in [-0.1, -0.05) is 0 Å². The smallest absolute Gasteiger partial charge is 0.229 e. The summed E-state index contributed by atoms with van der Waals surface area (Å²) in [5.41, 5.74) is 1.97. The van der Waals surface area contributed by atoms with Crippen LogP contribution in [0.15, 0.2) is 30.2 Å². The van der Waals surface area contributed by atoms with Gasteiger partial charge in [-0.15, -0.1) is 11.3 Å². The molecule has 4 rings (SSSR count). The maximum absolute atomic E-state index is 12.7. The van der Waals surface area contributed by atoms with Gasteiger partial charge in [0.1, 0.15) is 0 Å². The number of thiazole rings is 1. The fraction of sp³-hybridized carbons (Fsp3) is 0.400. The molecule has 0 N–H and O–H groups in total. The van der Waals surface area contributed by atoms with E-state index in [4.69, 9.17) is 0 Å². The van der Waals surface area contributed by atoms with Gasteiger partial charge in [-0.3, -0.25) is 13.9 Å². The molecule has 0 bridgehead atoms. The number of carbonyl (C=O) groups excluding carboxylic acids is 1. The Morgan fingerprint density at radius 2 is 2.36 bits per heavy atom. The summed E-state index contributed by atoms with van der Waals surface area (Å²) in [6, 6.07) is 0.157. The van der Waals surface area contributed by atoms with Crippen LogP contribution in [0.25, 0.3) is 4.96 Å². The Balaban J connectivity index is 1.52. The molecule has 0 aliphatic carbocycles.